The van der Waals surface area contributed by atoms with E-state index in [0.29, 0.717) is 18.7 Å². The molecule has 8 heteroatoms. The van der Waals surface area contributed by atoms with E-state index >= 15 is 0 Å². The van der Waals surface area contributed by atoms with Gasteiger partial charge in [0.15, 0.2) is 0 Å². The molecule has 2 aromatic rings. The van der Waals surface area contributed by atoms with E-state index in [0.717, 1.165) is 22.6 Å². The minimum atomic E-state index is -3.37. The highest BCUT2D eigenvalue weighted by Gasteiger charge is 2.31. The second-order valence-electron chi connectivity index (χ2n) is 6.72. The number of rotatable bonds is 7. The van der Waals surface area contributed by atoms with Crippen LogP contribution in [-0.4, -0.2) is 37.4 Å². The molecule has 0 saturated carbocycles. The molecule has 1 aliphatic heterocycles. The van der Waals surface area contributed by atoms with Gasteiger partial charge < -0.3 is 4.74 Å². The Labute approximate surface area is 171 Å². The van der Waals surface area contributed by atoms with Gasteiger partial charge in [-0.3, -0.25) is 9.52 Å². The number of anilines is 1. The normalized spacial score (nSPS) is 16.4. The molecule has 1 amide bonds. The van der Waals surface area contributed by atoms with Gasteiger partial charge in [-0.25, -0.2) is 13.4 Å². The first kappa shape index (κ1) is 20.9. The molecule has 3 rings (SSSR count). The number of nitrogens with zero attached hydrogens (tertiary/aromatic N) is 2. The van der Waals surface area contributed by atoms with Crippen molar-refractivity contribution in [3.05, 3.63) is 59.7 Å². The van der Waals surface area contributed by atoms with Crippen LogP contribution in [-0.2, 0) is 14.8 Å². The van der Waals surface area contributed by atoms with Gasteiger partial charge in [-0.2, -0.15) is 5.10 Å². The lowest BCUT2D eigenvalue weighted by Gasteiger charge is -2.21. The van der Waals surface area contributed by atoms with Gasteiger partial charge in [-0.1, -0.05) is 24.3 Å². The van der Waals surface area contributed by atoms with E-state index in [-0.39, 0.29) is 17.7 Å². The van der Waals surface area contributed by atoms with Crippen molar-refractivity contribution in [2.75, 3.05) is 17.1 Å². The summed E-state index contributed by atoms with van der Waals surface area (Å²) in [4.78, 5) is 12.2. The van der Waals surface area contributed by atoms with E-state index < -0.39 is 10.0 Å². The third-order valence-corrected chi connectivity index (χ3v) is 5.94. The minimum Gasteiger partial charge on any atom is -0.494 e. The summed E-state index contributed by atoms with van der Waals surface area (Å²) >= 11 is 0. The molecule has 0 bridgehead atoms. The summed E-state index contributed by atoms with van der Waals surface area (Å²) in [6.07, 6.45) is 0.527. The molecular formula is C21H25N3O4S. The summed E-state index contributed by atoms with van der Waals surface area (Å²) in [6, 6.07) is 14.5. The average molecular weight is 416 g/mol. The maximum Gasteiger partial charge on any atom is 0.240 e. The molecule has 0 aliphatic carbocycles. The number of nitrogens with one attached hydrogen (secondary N) is 1. The largest absolute Gasteiger partial charge is 0.494 e. The molecule has 0 fully saturated rings. The number of hydrogen-bond acceptors (Lipinski definition) is 5. The molecular weight excluding hydrogens is 390 g/mol. The van der Waals surface area contributed by atoms with Crippen LogP contribution in [0.1, 0.15) is 44.4 Å². The molecule has 1 aliphatic rings. The fraction of sp³-hybridized carbons (Fsp3) is 0.333. The van der Waals surface area contributed by atoms with E-state index in [4.69, 9.17) is 4.74 Å². The van der Waals surface area contributed by atoms with Crippen LogP contribution in [0, 0.1) is 0 Å². The second kappa shape index (κ2) is 8.65. The van der Waals surface area contributed by atoms with E-state index in [2.05, 4.69) is 9.82 Å². The summed E-state index contributed by atoms with van der Waals surface area (Å²) in [6.45, 7) is 5.55. The molecule has 1 atom stereocenters. The molecule has 1 N–H and O–H groups in total. The first-order chi connectivity index (χ1) is 13.8. The predicted molar refractivity (Wildman–Crippen MR) is 114 cm³/mol. The number of hydrazone groups is 1. The molecule has 0 saturated heterocycles. The highest BCUT2D eigenvalue weighted by molar-refractivity contribution is 7.92. The van der Waals surface area contributed by atoms with Crippen molar-refractivity contribution in [3.8, 4) is 5.75 Å². The fourth-order valence-corrected chi connectivity index (χ4v) is 3.86. The third kappa shape index (κ3) is 4.95. The van der Waals surface area contributed by atoms with Crippen LogP contribution in [0.4, 0.5) is 5.69 Å². The zero-order chi connectivity index (χ0) is 21.0. The molecule has 154 valence electrons. The maximum atomic E-state index is 12.2. The molecule has 0 aromatic heterocycles. The Kier molecular flexibility index (Phi) is 6.22. The van der Waals surface area contributed by atoms with Gasteiger partial charge in [0.25, 0.3) is 0 Å². The number of hydrogen-bond donors (Lipinski definition) is 1. The third-order valence-electron chi connectivity index (χ3n) is 4.64. The standard InChI is InChI=1S/C21H25N3O4S/c1-4-28-19-11-7-9-17(13-19)21-14-20(22-24(21)15(3)25)16-8-6-10-18(12-16)23-29(26,27)5-2/h6-13,21,23H,4-5,14H2,1-3H3/t21-/m0/s1. The quantitative estimate of drug-likeness (QED) is 0.749. The predicted octanol–water partition coefficient (Wildman–Crippen LogP) is 3.54. The van der Waals surface area contributed by atoms with Gasteiger partial charge in [0, 0.05) is 19.0 Å². The van der Waals surface area contributed by atoms with Gasteiger partial charge in [0.2, 0.25) is 15.9 Å². The Hall–Kier alpha value is -2.87. The fourth-order valence-electron chi connectivity index (χ4n) is 3.23. The Morgan fingerprint density at radius 3 is 2.66 bits per heavy atom. The van der Waals surface area contributed by atoms with Crippen LogP contribution < -0.4 is 9.46 Å². The van der Waals surface area contributed by atoms with Crippen molar-refractivity contribution < 1.29 is 17.9 Å². The van der Waals surface area contributed by atoms with Crippen LogP contribution in [0.5, 0.6) is 5.75 Å². The molecule has 0 unspecified atom stereocenters. The van der Waals surface area contributed by atoms with Crippen LogP contribution >= 0.6 is 0 Å². The second-order valence-corrected chi connectivity index (χ2v) is 8.73. The Morgan fingerprint density at radius 2 is 1.97 bits per heavy atom. The van der Waals surface area contributed by atoms with Crippen molar-refractivity contribution in [1.29, 1.82) is 0 Å². The molecule has 0 spiro atoms. The SMILES string of the molecule is CCOc1cccc([C@@H]2CC(c3cccc(NS(=O)(=O)CC)c3)=NN2C(C)=O)c1. The zero-order valence-corrected chi connectivity index (χ0v) is 17.6. The Morgan fingerprint density at radius 1 is 1.21 bits per heavy atom. The first-order valence-electron chi connectivity index (χ1n) is 9.54. The van der Waals surface area contributed by atoms with Crippen LogP contribution in [0.2, 0.25) is 0 Å². The van der Waals surface area contributed by atoms with Crippen LogP contribution in [0.3, 0.4) is 0 Å². The smallest absolute Gasteiger partial charge is 0.240 e. The number of carbonyl (C=O) groups is 1. The number of amides is 1. The number of ether oxygens (including phenoxy) is 1. The minimum absolute atomic E-state index is 0.00542. The number of sulfonamides is 1. The Balaban J connectivity index is 1.89. The van der Waals surface area contributed by atoms with E-state index in [1.807, 2.05) is 37.3 Å². The zero-order valence-electron chi connectivity index (χ0n) is 16.8. The lowest BCUT2D eigenvalue weighted by molar-refractivity contribution is -0.130. The van der Waals surface area contributed by atoms with Gasteiger partial charge in [-0.15, -0.1) is 0 Å². The number of benzene rings is 2. The maximum absolute atomic E-state index is 12.2. The summed E-state index contributed by atoms with van der Waals surface area (Å²) in [7, 11) is -3.37. The van der Waals surface area contributed by atoms with Crippen molar-refractivity contribution >= 4 is 27.3 Å². The van der Waals surface area contributed by atoms with E-state index in [1.54, 1.807) is 25.1 Å². The number of carbonyl (C=O) groups excluding carboxylic acids is 1. The van der Waals surface area contributed by atoms with E-state index in [1.165, 1.54) is 11.9 Å². The van der Waals surface area contributed by atoms with Gasteiger partial charge in [0.05, 0.1) is 24.1 Å². The van der Waals surface area contributed by atoms with Crippen molar-refractivity contribution in [2.24, 2.45) is 5.10 Å². The average Bonchev–Trinajstić information content (AvgIpc) is 3.14. The van der Waals surface area contributed by atoms with Crippen molar-refractivity contribution in [1.82, 2.24) is 5.01 Å². The van der Waals surface area contributed by atoms with Crippen molar-refractivity contribution in [3.63, 3.8) is 0 Å². The summed E-state index contributed by atoms with van der Waals surface area (Å²) in [5.41, 5.74) is 2.91. The van der Waals surface area contributed by atoms with Crippen LogP contribution in [0.25, 0.3) is 0 Å². The Bertz CT molecular complexity index is 1030. The highest BCUT2D eigenvalue weighted by atomic mass is 32.2. The molecule has 7 nitrogen and oxygen atoms in total. The van der Waals surface area contributed by atoms with Gasteiger partial charge >= 0.3 is 0 Å². The lowest BCUT2D eigenvalue weighted by Crippen LogP contribution is -2.24. The molecule has 29 heavy (non-hydrogen) atoms. The van der Waals surface area contributed by atoms with Crippen LogP contribution in [0.15, 0.2) is 53.6 Å². The first-order valence-corrected chi connectivity index (χ1v) is 11.2. The monoisotopic (exact) mass is 415 g/mol. The summed E-state index contributed by atoms with van der Waals surface area (Å²) < 4.78 is 31.8. The van der Waals surface area contributed by atoms with Gasteiger partial charge in [0.1, 0.15) is 5.75 Å². The molecule has 1 heterocycles. The highest BCUT2D eigenvalue weighted by Crippen LogP contribution is 2.34. The molecule has 2 aromatic carbocycles. The summed E-state index contributed by atoms with van der Waals surface area (Å²) in [5.74, 6) is 0.585. The summed E-state index contributed by atoms with van der Waals surface area (Å²) in [5, 5.41) is 6.01. The molecule has 0 radical (unpaired) electrons. The van der Waals surface area contributed by atoms with Gasteiger partial charge in [-0.05, 0) is 49.2 Å². The lowest BCUT2D eigenvalue weighted by atomic mass is 9.98. The topological polar surface area (TPSA) is 88.1 Å². The van der Waals surface area contributed by atoms with E-state index in [9.17, 15) is 13.2 Å². The van der Waals surface area contributed by atoms with Crippen molar-refractivity contribution in [2.45, 2.75) is 33.2 Å².